The first-order valence-corrected chi connectivity index (χ1v) is 16.8. The van der Waals surface area contributed by atoms with E-state index in [4.69, 9.17) is 4.74 Å². The van der Waals surface area contributed by atoms with Gasteiger partial charge in [0.05, 0.1) is 24.4 Å². The van der Waals surface area contributed by atoms with Crippen LogP contribution in [0, 0.1) is 5.92 Å². The minimum Gasteiger partial charge on any atom is -0.381 e. The fourth-order valence-electron chi connectivity index (χ4n) is 4.38. The summed E-state index contributed by atoms with van der Waals surface area (Å²) in [6.45, 7) is 1.44. The number of amides is 1. The first kappa shape index (κ1) is 26.9. The molecule has 5 rings (SSSR count). The maximum Gasteiger partial charge on any atom is 0.295 e. The fourth-order valence-corrected chi connectivity index (χ4v) is 6.87. The number of hydrogen-bond acceptors (Lipinski definition) is 6. The number of anilines is 3. The number of nitrogens with zero attached hydrogens (tertiary/aromatic N) is 3. The Labute approximate surface area is 229 Å². The number of hydrogen-bond donors (Lipinski definition) is 2. The summed E-state index contributed by atoms with van der Waals surface area (Å²) < 4.78 is 61.3. The number of rotatable bonds is 8. The quantitative estimate of drug-likeness (QED) is 0.115. The number of carbonyl (C=O) groups is 1. The highest BCUT2D eigenvalue weighted by Crippen LogP contribution is 2.49. The molecule has 14 heteroatoms. The Balaban J connectivity index is 1.53. The van der Waals surface area contributed by atoms with E-state index < -0.39 is 36.4 Å². The number of benzene rings is 1. The van der Waals surface area contributed by atoms with Crippen LogP contribution in [0.4, 0.5) is 34.8 Å². The van der Waals surface area contributed by atoms with Gasteiger partial charge in [-0.2, -0.15) is 0 Å². The van der Waals surface area contributed by atoms with Crippen LogP contribution in [0.1, 0.15) is 43.0 Å². The first-order valence-electron chi connectivity index (χ1n) is 11.5. The summed E-state index contributed by atoms with van der Waals surface area (Å²) in [7, 11) is 0. The van der Waals surface area contributed by atoms with E-state index in [9.17, 15) is 22.4 Å². The number of thioether (sulfide) groups is 1. The molecule has 37 heavy (non-hydrogen) atoms. The van der Waals surface area contributed by atoms with Gasteiger partial charge in [0.1, 0.15) is 17.3 Å². The lowest BCUT2D eigenvalue weighted by molar-refractivity contribution is -0.119. The minimum absolute atomic E-state index is 0.0130. The van der Waals surface area contributed by atoms with Crippen molar-refractivity contribution in [2.24, 2.45) is 5.92 Å². The van der Waals surface area contributed by atoms with Gasteiger partial charge >= 0.3 is 0 Å². The zero-order chi connectivity index (χ0) is 26.3. The van der Waals surface area contributed by atoms with Crippen molar-refractivity contribution in [1.82, 2.24) is 14.3 Å². The third-order valence-corrected chi connectivity index (χ3v) is 9.28. The molecule has 1 aliphatic heterocycles. The number of nitrogens with one attached hydrogen (secondary N) is 2. The van der Waals surface area contributed by atoms with Gasteiger partial charge in [-0.15, -0.1) is 11.8 Å². The standard InChI is InChI=1S/C23H23F4IN5O2PS/c1-37-16-7-11(12-3-2-6-35-10-12)4-5-14(16)29-15-8-17(31-22(34)13-9-23(13,26)27)30-20-18(15)32-21(19(24)25)33(20)36-28/h4-5,7-8,12-13,19,36H,2-3,6,9-10H2,1H3,(H2,29,30,31,34). The zero-order valence-electron chi connectivity index (χ0n) is 19.5. The molecule has 1 saturated heterocycles. The van der Waals surface area contributed by atoms with Crippen molar-refractivity contribution < 1.29 is 27.1 Å². The Morgan fingerprint density at radius 2 is 2.08 bits per heavy atom. The largest absolute Gasteiger partial charge is 0.381 e. The van der Waals surface area contributed by atoms with Gasteiger partial charge in [0.25, 0.3) is 12.3 Å². The molecule has 2 fully saturated rings. The Kier molecular flexibility index (Phi) is 7.86. The second-order valence-corrected chi connectivity index (χ2v) is 11.8. The lowest BCUT2D eigenvalue weighted by atomic mass is 9.93. The fraction of sp³-hybridized carbons (Fsp3) is 0.435. The summed E-state index contributed by atoms with van der Waals surface area (Å²) in [4.78, 5) is 21.7. The van der Waals surface area contributed by atoms with Crippen LogP contribution in [0.3, 0.4) is 0 Å². The van der Waals surface area contributed by atoms with Crippen molar-refractivity contribution >= 4 is 74.4 Å². The van der Waals surface area contributed by atoms with Crippen LogP contribution < -0.4 is 10.6 Å². The molecule has 2 N–H and O–H groups in total. The van der Waals surface area contributed by atoms with E-state index in [1.807, 2.05) is 40.4 Å². The highest BCUT2D eigenvalue weighted by atomic mass is 127. The molecule has 3 aromatic rings. The highest BCUT2D eigenvalue weighted by Gasteiger charge is 2.61. The molecule has 2 aliphatic rings. The van der Waals surface area contributed by atoms with Crippen LogP contribution >= 0.6 is 40.2 Å². The number of aromatic nitrogens is 3. The summed E-state index contributed by atoms with van der Waals surface area (Å²) in [6.07, 6.45) is 0.473. The normalized spacial score (nSPS) is 21.2. The molecular weight excluding hydrogens is 644 g/mol. The Morgan fingerprint density at radius 1 is 1.30 bits per heavy atom. The van der Waals surface area contributed by atoms with Crippen molar-refractivity contribution in [3.05, 3.63) is 35.7 Å². The average Bonchev–Trinajstić information content (AvgIpc) is 3.36. The van der Waals surface area contributed by atoms with Gasteiger partial charge < -0.3 is 15.4 Å². The van der Waals surface area contributed by atoms with Crippen molar-refractivity contribution in [2.75, 3.05) is 30.1 Å². The summed E-state index contributed by atoms with van der Waals surface area (Å²) in [6, 6.07) is 7.44. The van der Waals surface area contributed by atoms with E-state index in [0.29, 0.717) is 18.2 Å². The smallest absolute Gasteiger partial charge is 0.295 e. The molecule has 1 aromatic carbocycles. The summed E-state index contributed by atoms with van der Waals surface area (Å²) in [5.41, 5.74) is 2.54. The molecule has 1 aliphatic carbocycles. The van der Waals surface area contributed by atoms with Crippen molar-refractivity contribution in [2.45, 2.75) is 42.4 Å². The third-order valence-electron chi connectivity index (χ3n) is 6.44. The number of fused-ring (bicyclic) bond motifs is 1. The van der Waals surface area contributed by atoms with E-state index in [0.717, 1.165) is 35.6 Å². The third kappa shape index (κ3) is 5.55. The van der Waals surface area contributed by atoms with Gasteiger partial charge in [-0.25, -0.2) is 27.5 Å². The Hall–Kier alpha value is -1.70. The maximum atomic E-state index is 13.8. The second-order valence-electron chi connectivity index (χ2n) is 8.92. The number of pyridine rings is 1. The summed E-state index contributed by atoms with van der Waals surface area (Å²) >= 11 is 3.47. The first-order chi connectivity index (χ1) is 17.7. The molecule has 0 spiro atoms. The molecule has 1 amide bonds. The van der Waals surface area contributed by atoms with Crippen LogP contribution in [-0.2, 0) is 9.53 Å². The number of ether oxygens (including phenoxy) is 1. The van der Waals surface area contributed by atoms with Gasteiger partial charge in [-0.3, -0.25) is 9.13 Å². The monoisotopic (exact) mass is 667 g/mol. The van der Waals surface area contributed by atoms with Crippen LogP contribution in [0.2, 0.25) is 0 Å². The number of alkyl halides is 4. The molecular formula is C23H23F4IN5O2PS. The van der Waals surface area contributed by atoms with E-state index in [1.165, 1.54) is 22.2 Å². The molecule has 0 radical (unpaired) electrons. The van der Waals surface area contributed by atoms with E-state index in [-0.39, 0.29) is 23.4 Å². The number of carbonyl (C=O) groups excluding carboxylic acids is 1. The Morgan fingerprint density at radius 3 is 2.70 bits per heavy atom. The SMILES string of the molecule is CSc1cc(C2CCCOC2)ccc1Nc1cc(NC(=O)C2CC2(F)F)nc2c1nc(C(F)F)n2PI. The minimum atomic E-state index is -3.04. The molecule has 1 saturated carbocycles. The molecule has 3 unspecified atom stereocenters. The molecule has 198 valence electrons. The predicted molar refractivity (Wildman–Crippen MR) is 146 cm³/mol. The molecule has 7 nitrogen and oxygen atoms in total. The average molecular weight is 667 g/mol. The molecule has 2 aromatic heterocycles. The van der Waals surface area contributed by atoms with E-state index >= 15 is 0 Å². The van der Waals surface area contributed by atoms with Crippen LogP contribution in [0.15, 0.2) is 29.2 Å². The van der Waals surface area contributed by atoms with Crippen molar-refractivity contribution in [1.29, 1.82) is 0 Å². The number of halogens is 5. The second kappa shape index (κ2) is 10.8. The highest BCUT2D eigenvalue weighted by molar-refractivity contribution is 14.2. The summed E-state index contributed by atoms with van der Waals surface area (Å²) in [5.74, 6) is -5.48. The van der Waals surface area contributed by atoms with Gasteiger partial charge in [0.15, 0.2) is 11.5 Å². The van der Waals surface area contributed by atoms with Gasteiger partial charge in [0.2, 0.25) is 5.91 Å². The van der Waals surface area contributed by atoms with Gasteiger partial charge in [0, 0.05) is 29.9 Å². The van der Waals surface area contributed by atoms with Gasteiger partial charge in [-0.05, 0) is 58.8 Å². The Bertz CT molecular complexity index is 1340. The number of imidazole rings is 1. The van der Waals surface area contributed by atoms with E-state index in [2.05, 4.69) is 26.7 Å². The maximum absolute atomic E-state index is 13.8. The molecule has 3 atom stereocenters. The molecule has 0 bridgehead atoms. The zero-order valence-corrected chi connectivity index (χ0v) is 23.5. The van der Waals surface area contributed by atoms with Crippen LogP contribution in [0.5, 0.6) is 0 Å². The van der Waals surface area contributed by atoms with Crippen molar-refractivity contribution in [3.63, 3.8) is 0 Å². The van der Waals surface area contributed by atoms with Crippen LogP contribution in [0.25, 0.3) is 11.2 Å². The summed E-state index contributed by atoms with van der Waals surface area (Å²) in [5, 5.41) is 5.69. The van der Waals surface area contributed by atoms with Gasteiger partial charge in [-0.1, -0.05) is 6.07 Å². The molecule has 3 heterocycles. The van der Waals surface area contributed by atoms with Crippen LogP contribution in [-0.4, -0.2) is 45.6 Å². The van der Waals surface area contributed by atoms with E-state index in [1.54, 1.807) is 0 Å². The lowest BCUT2D eigenvalue weighted by Gasteiger charge is -2.23. The van der Waals surface area contributed by atoms with Crippen molar-refractivity contribution in [3.8, 4) is 0 Å². The topological polar surface area (TPSA) is 81.1 Å². The predicted octanol–water partition coefficient (Wildman–Crippen LogP) is 7.11. The lowest BCUT2D eigenvalue weighted by Crippen LogP contribution is -2.18.